The van der Waals surface area contributed by atoms with Crippen molar-refractivity contribution >= 4 is 33.5 Å². The molecule has 0 atom stereocenters. The first-order valence-electron chi connectivity index (χ1n) is 10.6. The monoisotopic (exact) mass is 479 g/mol. The topological polar surface area (TPSA) is 52.3 Å². The van der Waals surface area contributed by atoms with Crippen molar-refractivity contribution in [3.05, 3.63) is 46.0 Å². The van der Waals surface area contributed by atoms with Gasteiger partial charge in [-0.05, 0) is 53.7 Å². The van der Waals surface area contributed by atoms with Crippen LogP contribution in [-0.4, -0.2) is 24.2 Å². The Hall–Kier alpha value is -1.04. The number of rotatable bonds is 12. The second-order valence-electron chi connectivity index (χ2n) is 7.83. The predicted octanol–water partition coefficient (Wildman–Crippen LogP) is 7.09. The molecule has 0 spiro atoms. The smallest absolute Gasteiger partial charge is 0.190 e. The summed E-state index contributed by atoms with van der Waals surface area (Å²) < 4.78 is 6.33. The molecule has 0 heterocycles. The van der Waals surface area contributed by atoms with Crippen LogP contribution in [-0.2, 0) is 0 Å². The first-order chi connectivity index (χ1) is 13.9. The summed E-state index contributed by atoms with van der Waals surface area (Å²) in [7, 11) is 1.63. The zero-order valence-corrected chi connectivity index (χ0v) is 20.3. The molecule has 29 heavy (non-hydrogen) atoms. The normalized spacial score (nSPS) is 14.0. The maximum absolute atomic E-state index is 13.3. The van der Waals surface area contributed by atoms with Crippen LogP contribution >= 0.6 is 27.7 Å². The van der Waals surface area contributed by atoms with E-state index in [4.69, 9.17) is 10.5 Å². The molecule has 1 aromatic carbocycles. The van der Waals surface area contributed by atoms with Gasteiger partial charge in [-0.1, -0.05) is 57.8 Å². The van der Waals surface area contributed by atoms with E-state index in [0.717, 1.165) is 72.1 Å². The van der Waals surface area contributed by atoms with Gasteiger partial charge in [-0.15, -0.1) is 11.8 Å². The highest BCUT2D eigenvalue weighted by atomic mass is 79.9. The molecule has 0 unspecified atom stereocenters. The number of hydrogen-bond donors (Lipinski definition) is 1. The lowest BCUT2D eigenvalue weighted by Crippen LogP contribution is -2.42. The van der Waals surface area contributed by atoms with Gasteiger partial charge in [0.1, 0.15) is 5.75 Å². The maximum atomic E-state index is 13.3. The quantitative estimate of drug-likeness (QED) is 0.256. The molecule has 0 saturated heterocycles. The zero-order chi connectivity index (χ0) is 21.3. The van der Waals surface area contributed by atoms with Crippen LogP contribution in [0.4, 0.5) is 0 Å². The summed E-state index contributed by atoms with van der Waals surface area (Å²) in [5.41, 5.74) is 8.19. The highest BCUT2D eigenvalue weighted by Gasteiger charge is 2.26. The van der Waals surface area contributed by atoms with E-state index in [1.807, 2.05) is 24.3 Å². The zero-order valence-electron chi connectivity index (χ0n) is 17.9. The van der Waals surface area contributed by atoms with Crippen molar-refractivity contribution in [1.29, 1.82) is 0 Å². The average Bonchev–Trinajstić information content (AvgIpc) is 2.75. The van der Waals surface area contributed by atoms with Gasteiger partial charge < -0.3 is 10.5 Å². The Bertz CT molecular complexity index is 749. The molecule has 2 N–H and O–H groups in total. The van der Waals surface area contributed by atoms with E-state index in [9.17, 15) is 4.79 Å². The number of methoxy groups -OCH3 is 1. The summed E-state index contributed by atoms with van der Waals surface area (Å²) in [5, 5.41) is 0. The van der Waals surface area contributed by atoms with Gasteiger partial charge in [0.15, 0.2) is 5.78 Å². The third-order valence-electron chi connectivity index (χ3n) is 5.38. The van der Waals surface area contributed by atoms with Crippen molar-refractivity contribution in [2.75, 3.05) is 12.9 Å². The molecular formula is C24H34BrNO2S. The van der Waals surface area contributed by atoms with Crippen LogP contribution in [0.5, 0.6) is 5.75 Å². The van der Waals surface area contributed by atoms with E-state index in [1.54, 1.807) is 18.9 Å². The summed E-state index contributed by atoms with van der Waals surface area (Å²) in [6.45, 7) is 4.41. The average molecular weight is 481 g/mol. The van der Waals surface area contributed by atoms with E-state index in [2.05, 4.69) is 35.9 Å². The van der Waals surface area contributed by atoms with Crippen molar-refractivity contribution in [1.82, 2.24) is 0 Å². The number of ketones is 1. The predicted molar refractivity (Wildman–Crippen MR) is 128 cm³/mol. The molecule has 3 nitrogen and oxygen atoms in total. The summed E-state index contributed by atoms with van der Waals surface area (Å²) in [4.78, 5) is 14.2. The summed E-state index contributed by atoms with van der Waals surface area (Å²) in [6, 6.07) is 3.88. The van der Waals surface area contributed by atoms with Crippen molar-refractivity contribution in [2.24, 2.45) is 5.73 Å². The lowest BCUT2D eigenvalue weighted by atomic mass is 9.90. The minimum atomic E-state index is -0.198. The first kappa shape index (κ1) is 24.2. The summed E-state index contributed by atoms with van der Waals surface area (Å²) >= 11 is 5.29. The van der Waals surface area contributed by atoms with E-state index in [-0.39, 0.29) is 11.3 Å². The SMILES string of the molecule is CCCCC(N)(CCCC)CSc1cc(Br)c(OC)cc1C(=O)C1=CC=CCC1. The lowest BCUT2D eigenvalue weighted by molar-refractivity contribution is 0.102. The molecule has 160 valence electrons. The van der Waals surface area contributed by atoms with Gasteiger partial charge in [-0.3, -0.25) is 4.79 Å². The molecule has 1 aliphatic carbocycles. The number of ether oxygens (including phenoxy) is 1. The lowest BCUT2D eigenvalue weighted by Gasteiger charge is -2.30. The van der Waals surface area contributed by atoms with Crippen LogP contribution < -0.4 is 10.5 Å². The van der Waals surface area contributed by atoms with Crippen LogP contribution in [0.1, 0.15) is 75.6 Å². The molecule has 2 rings (SSSR count). The van der Waals surface area contributed by atoms with E-state index >= 15 is 0 Å². The van der Waals surface area contributed by atoms with Gasteiger partial charge in [0.05, 0.1) is 11.6 Å². The number of unbranched alkanes of at least 4 members (excludes halogenated alkanes) is 2. The Morgan fingerprint density at radius 1 is 1.24 bits per heavy atom. The van der Waals surface area contributed by atoms with E-state index in [1.165, 1.54) is 0 Å². The van der Waals surface area contributed by atoms with Crippen LogP contribution in [0.15, 0.2) is 45.3 Å². The van der Waals surface area contributed by atoms with Gasteiger partial charge in [-0.25, -0.2) is 0 Å². The van der Waals surface area contributed by atoms with Crippen molar-refractivity contribution in [3.8, 4) is 5.75 Å². The molecular weight excluding hydrogens is 446 g/mol. The second kappa shape index (κ2) is 12.0. The molecule has 1 aromatic rings. The molecule has 1 aliphatic rings. The number of hydrogen-bond acceptors (Lipinski definition) is 4. The number of allylic oxidation sites excluding steroid dienone is 4. The van der Waals surface area contributed by atoms with Crippen LogP contribution in [0, 0.1) is 0 Å². The van der Waals surface area contributed by atoms with Gasteiger partial charge >= 0.3 is 0 Å². The molecule has 0 amide bonds. The third-order valence-corrected chi connectivity index (χ3v) is 7.36. The molecule has 0 bridgehead atoms. The fourth-order valence-corrected chi connectivity index (χ4v) is 5.40. The van der Waals surface area contributed by atoms with Gasteiger partial charge in [0, 0.05) is 27.3 Å². The highest BCUT2D eigenvalue weighted by Crippen LogP contribution is 2.37. The second-order valence-corrected chi connectivity index (χ2v) is 9.70. The van der Waals surface area contributed by atoms with Gasteiger partial charge in [-0.2, -0.15) is 0 Å². The number of carbonyl (C=O) groups is 1. The molecule has 0 saturated carbocycles. The Morgan fingerprint density at radius 2 is 1.93 bits per heavy atom. The number of benzene rings is 1. The van der Waals surface area contributed by atoms with E-state index < -0.39 is 0 Å². The van der Waals surface area contributed by atoms with E-state index in [0.29, 0.717) is 11.3 Å². The fraction of sp³-hybridized carbons (Fsp3) is 0.542. The number of thioether (sulfide) groups is 1. The molecule has 0 aliphatic heterocycles. The Morgan fingerprint density at radius 3 is 2.48 bits per heavy atom. The van der Waals surface area contributed by atoms with Crippen LogP contribution in [0.3, 0.4) is 0 Å². The van der Waals surface area contributed by atoms with Gasteiger partial charge in [0.25, 0.3) is 0 Å². The number of Topliss-reactive ketones (excluding diaryl/α,β-unsaturated/α-hetero) is 1. The molecule has 5 heteroatoms. The van der Waals surface area contributed by atoms with Crippen molar-refractivity contribution in [3.63, 3.8) is 0 Å². The summed E-state index contributed by atoms with van der Waals surface area (Å²) in [6.07, 6.45) is 14.3. The Balaban J connectivity index is 2.30. The number of carbonyl (C=O) groups excluding carboxylic acids is 1. The maximum Gasteiger partial charge on any atom is 0.190 e. The number of nitrogens with two attached hydrogens (primary N) is 1. The molecule has 0 aromatic heterocycles. The Labute approximate surface area is 188 Å². The molecule has 0 radical (unpaired) electrons. The molecule has 0 fully saturated rings. The standard InChI is InChI=1S/C24H34BrNO2S/c1-4-6-13-24(26,14-7-5-2)17-29-22-16-20(25)21(28-3)15-19(22)23(27)18-11-9-8-10-12-18/h8-9,11,15-16H,4-7,10,12-14,17,26H2,1-3H3. The minimum absolute atomic E-state index is 0.0902. The number of halogens is 1. The summed E-state index contributed by atoms with van der Waals surface area (Å²) in [5.74, 6) is 1.58. The Kier molecular flexibility index (Phi) is 10.0. The van der Waals surface area contributed by atoms with Crippen molar-refractivity contribution in [2.45, 2.75) is 75.6 Å². The van der Waals surface area contributed by atoms with Crippen molar-refractivity contribution < 1.29 is 9.53 Å². The first-order valence-corrected chi connectivity index (χ1v) is 12.4. The fourth-order valence-electron chi connectivity index (χ4n) is 3.50. The minimum Gasteiger partial charge on any atom is -0.496 e. The van der Waals surface area contributed by atoms with Gasteiger partial charge in [0.2, 0.25) is 0 Å². The van der Waals surface area contributed by atoms with Crippen LogP contribution in [0.25, 0.3) is 0 Å². The highest BCUT2D eigenvalue weighted by molar-refractivity contribution is 9.10. The third kappa shape index (κ3) is 7.01. The van der Waals surface area contributed by atoms with Crippen LogP contribution in [0.2, 0.25) is 0 Å². The largest absolute Gasteiger partial charge is 0.496 e.